The van der Waals surface area contributed by atoms with Gasteiger partial charge in [-0.1, -0.05) is 133 Å². The van der Waals surface area contributed by atoms with Crippen LogP contribution in [0.1, 0.15) is 0 Å². The van der Waals surface area contributed by atoms with Crippen molar-refractivity contribution in [2.75, 3.05) is 0 Å². The van der Waals surface area contributed by atoms with E-state index < -0.39 is 0 Å². The van der Waals surface area contributed by atoms with Crippen LogP contribution in [0.15, 0.2) is 179 Å². The fourth-order valence-corrected chi connectivity index (χ4v) is 7.19. The van der Waals surface area contributed by atoms with Crippen molar-refractivity contribution >= 4 is 43.9 Å². The largest absolute Gasteiger partial charge is 0.456 e. The van der Waals surface area contributed by atoms with Crippen molar-refractivity contribution in [3.05, 3.63) is 170 Å². The minimum atomic E-state index is 0.619. The van der Waals surface area contributed by atoms with Crippen molar-refractivity contribution < 1.29 is 8.83 Å². The van der Waals surface area contributed by atoms with Crippen LogP contribution in [0.5, 0.6) is 0 Å². The highest BCUT2D eigenvalue weighted by Gasteiger charge is 2.20. The molecule has 0 aliphatic carbocycles. The van der Waals surface area contributed by atoms with E-state index in [1.807, 2.05) is 54.6 Å². The molecule has 4 nitrogen and oxygen atoms in total. The normalized spacial score (nSPS) is 11.6. The molecule has 0 fully saturated rings. The third kappa shape index (κ3) is 4.61. The summed E-state index contributed by atoms with van der Waals surface area (Å²) in [5, 5.41) is 4.16. The van der Waals surface area contributed by atoms with Gasteiger partial charge in [-0.3, -0.25) is 0 Å². The van der Waals surface area contributed by atoms with Gasteiger partial charge in [0.1, 0.15) is 22.3 Å². The third-order valence-electron chi connectivity index (χ3n) is 9.54. The van der Waals surface area contributed by atoms with Crippen LogP contribution in [-0.4, -0.2) is 9.97 Å². The molecule has 0 atom stereocenters. The van der Waals surface area contributed by atoms with Gasteiger partial charge in [0.15, 0.2) is 5.82 Å². The summed E-state index contributed by atoms with van der Waals surface area (Å²) in [6, 6.07) is 58.5. The number of nitrogens with zero attached hydrogens (tertiary/aromatic N) is 2. The summed E-state index contributed by atoms with van der Waals surface area (Å²) >= 11 is 0. The predicted octanol–water partition coefficient (Wildman–Crippen LogP) is 12.6. The van der Waals surface area contributed by atoms with Gasteiger partial charge in [0.25, 0.3) is 0 Å². The molecule has 4 heteroatoms. The number of benzene rings is 7. The Kier molecular flexibility index (Phi) is 6.46. The van der Waals surface area contributed by atoms with Crippen LogP contribution in [0.4, 0.5) is 0 Å². The number of fused-ring (bicyclic) bond motifs is 6. The second-order valence-electron chi connectivity index (χ2n) is 12.5. The monoisotopic (exact) mass is 640 g/mol. The van der Waals surface area contributed by atoms with Crippen LogP contribution in [0.2, 0.25) is 0 Å². The van der Waals surface area contributed by atoms with Gasteiger partial charge < -0.3 is 8.83 Å². The summed E-state index contributed by atoms with van der Waals surface area (Å²) in [6.07, 6.45) is 0. The zero-order valence-corrected chi connectivity index (χ0v) is 26.9. The first kappa shape index (κ1) is 28.3. The molecule has 0 radical (unpaired) electrons. The molecule has 0 amide bonds. The molecule has 0 spiro atoms. The smallest absolute Gasteiger partial charge is 0.161 e. The number of hydrogen-bond donors (Lipinski definition) is 0. The SMILES string of the molecule is c1ccc(-c2ccc(-c3cc(-c4cccc5c4oc4ccccc45)nc(-c4cccc5oc6ccccc6c45)n3)c(-c3ccccc3)c2)cc1. The van der Waals surface area contributed by atoms with Crippen molar-refractivity contribution in [2.45, 2.75) is 0 Å². The van der Waals surface area contributed by atoms with E-state index in [0.717, 1.165) is 94.2 Å². The van der Waals surface area contributed by atoms with Crippen molar-refractivity contribution in [2.24, 2.45) is 0 Å². The Hall–Kier alpha value is -6.78. The lowest BCUT2D eigenvalue weighted by Crippen LogP contribution is -1.98. The van der Waals surface area contributed by atoms with E-state index in [4.69, 9.17) is 18.8 Å². The lowest BCUT2D eigenvalue weighted by atomic mass is 9.92. The van der Waals surface area contributed by atoms with E-state index in [-0.39, 0.29) is 0 Å². The summed E-state index contributed by atoms with van der Waals surface area (Å²) in [7, 11) is 0. The van der Waals surface area contributed by atoms with Crippen LogP contribution < -0.4 is 0 Å². The van der Waals surface area contributed by atoms with E-state index in [1.54, 1.807) is 0 Å². The topological polar surface area (TPSA) is 52.1 Å². The second kappa shape index (κ2) is 11.4. The van der Waals surface area contributed by atoms with Crippen LogP contribution >= 0.6 is 0 Å². The Morgan fingerprint density at radius 2 is 0.940 bits per heavy atom. The minimum absolute atomic E-state index is 0.619. The van der Waals surface area contributed by atoms with Crippen molar-refractivity contribution in [1.82, 2.24) is 9.97 Å². The average Bonchev–Trinajstić information content (AvgIpc) is 3.77. The third-order valence-corrected chi connectivity index (χ3v) is 9.54. The highest BCUT2D eigenvalue weighted by molar-refractivity contribution is 6.12. The Labute approximate surface area is 287 Å². The molecule has 3 heterocycles. The number of rotatable bonds is 5. The van der Waals surface area contributed by atoms with Gasteiger partial charge in [0.05, 0.1) is 11.4 Å². The standard InChI is InChI=1S/C46H28N2O2/c1-3-13-29(14-4-1)31-25-26-32(38(27-31)30-15-5-2-6-16-30)39-28-40(35-20-11-19-34-33-17-7-9-22-41(33)50-45(34)35)48-46(47-39)37-21-12-24-43-44(37)36-18-8-10-23-42(36)49-43/h1-28H. The van der Waals surface area contributed by atoms with Gasteiger partial charge in [-0.05, 0) is 58.7 Å². The number of aromatic nitrogens is 2. The fourth-order valence-electron chi connectivity index (χ4n) is 7.19. The van der Waals surface area contributed by atoms with Gasteiger partial charge in [-0.15, -0.1) is 0 Å². The van der Waals surface area contributed by atoms with Gasteiger partial charge in [0, 0.05) is 38.2 Å². The first-order valence-electron chi connectivity index (χ1n) is 16.7. The summed E-state index contributed by atoms with van der Waals surface area (Å²) < 4.78 is 12.8. The van der Waals surface area contributed by atoms with Crippen LogP contribution in [0.3, 0.4) is 0 Å². The molecule has 0 N–H and O–H groups in total. The molecule has 0 aliphatic heterocycles. The highest BCUT2D eigenvalue weighted by Crippen LogP contribution is 2.41. The summed E-state index contributed by atoms with van der Waals surface area (Å²) in [6.45, 7) is 0. The Morgan fingerprint density at radius 1 is 0.340 bits per heavy atom. The van der Waals surface area contributed by atoms with E-state index >= 15 is 0 Å². The fraction of sp³-hybridized carbons (Fsp3) is 0. The van der Waals surface area contributed by atoms with E-state index in [9.17, 15) is 0 Å². The molecule has 50 heavy (non-hydrogen) atoms. The molecule has 234 valence electrons. The summed E-state index contributed by atoms with van der Waals surface area (Å²) in [5.74, 6) is 0.619. The Balaban J connectivity index is 1.27. The van der Waals surface area contributed by atoms with E-state index in [2.05, 4.69) is 115 Å². The predicted molar refractivity (Wildman–Crippen MR) is 204 cm³/mol. The maximum Gasteiger partial charge on any atom is 0.161 e. The molecule has 0 saturated carbocycles. The second-order valence-corrected chi connectivity index (χ2v) is 12.5. The molecule has 7 aromatic carbocycles. The zero-order valence-electron chi connectivity index (χ0n) is 26.9. The molecular formula is C46H28N2O2. The Morgan fingerprint density at radius 3 is 1.74 bits per heavy atom. The van der Waals surface area contributed by atoms with Crippen molar-refractivity contribution in [1.29, 1.82) is 0 Å². The maximum absolute atomic E-state index is 6.53. The Bertz CT molecular complexity index is 2870. The van der Waals surface area contributed by atoms with Gasteiger partial charge >= 0.3 is 0 Å². The minimum Gasteiger partial charge on any atom is -0.456 e. The van der Waals surface area contributed by atoms with Gasteiger partial charge in [0.2, 0.25) is 0 Å². The highest BCUT2D eigenvalue weighted by atomic mass is 16.3. The molecule has 3 aromatic heterocycles. The molecule has 10 aromatic rings. The molecule has 10 rings (SSSR count). The van der Waals surface area contributed by atoms with Crippen molar-refractivity contribution in [3.8, 4) is 56.2 Å². The van der Waals surface area contributed by atoms with Crippen molar-refractivity contribution in [3.63, 3.8) is 0 Å². The number of para-hydroxylation sites is 3. The zero-order chi connectivity index (χ0) is 33.0. The quantitative estimate of drug-likeness (QED) is 0.188. The summed E-state index contributed by atoms with van der Waals surface area (Å²) in [4.78, 5) is 10.7. The van der Waals surface area contributed by atoms with Gasteiger partial charge in [-0.2, -0.15) is 0 Å². The molecule has 0 aliphatic rings. The van der Waals surface area contributed by atoms with Crippen LogP contribution in [0.25, 0.3) is 100 Å². The van der Waals surface area contributed by atoms with E-state index in [0.29, 0.717) is 5.82 Å². The average molecular weight is 641 g/mol. The first-order valence-corrected chi connectivity index (χ1v) is 16.7. The lowest BCUT2D eigenvalue weighted by molar-refractivity contribution is 0.668. The first-order chi connectivity index (χ1) is 24.8. The molecule has 0 unspecified atom stereocenters. The molecular weight excluding hydrogens is 613 g/mol. The summed E-state index contributed by atoms with van der Waals surface area (Å²) in [5.41, 5.74) is 12.2. The van der Waals surface area contributed by atoms with Crippen LogP contribution in [-0.2, 0) is 0 Å². The lowest BCUT2D eigenvalue weighted by Gasteiger charge is -2.15. The van der Waals surface area contributed by atoms with E-state index in [1.165, 1.54) is 0 Å². The molecule has 0 bridgehead atoms. The number of hydrogen-bond acceptors (Lipinski definition) is 4. The molecule has 0 saturated heterocycles. The van der Waals surface area contributed by atoms with Crippen LogP contribution in [0, 0.1) is 0 Å². The van der Waals surface area contributed by atoms with Gasteiger partial charge in [-0.25, -0.2) is 9.97 Å². The maximum atomic E-state index is 6.53. The number of furan rings is 2.